The monoisotopic (exact) mass is 245 g/mol. The van der Waals surface area contributed by atoms with Gasteiger partial charge in [-0.3, -0.25) is 0 Å². The number of carboxylic acids is 1. The number of nitrogens with zero attached hydrogens (tertiary/aromatic N) is 1. The molecule has 0 unspecified atom stereocenters. The van der Waals surface area contributed by atoms with E-state index >= 15 is 0 Å². The molecule has 0 aliphatic carbocycles. The van der Waals surface area contributed by atoms with Crippen LogP contribution in [0.15, 0.2) is 0 Å². The largest absolute Gasteiger partial charge is 0.478 e. The number of hydrogen-bond donors (Lipinski definition) is 3. The molecule has 0 aliphatic heterocycles. The molecular weight excluding hydrogens is 234 g/mol. The first kappa shape index (κ1) is 12.2. The van der Waals surface area contributed by atoms with E-state index in [1.165, 1.54) is 0 Å². The van der Waals surface area contributed by atoms with Crippen LogP contribution in [0.1, 0.15) is 16.1 Å². The van der Waals surface area contributed by atoms with Crippen molar-refractivity contribution in [3.8, 4) is 0 Å². The predicted octanol–water partition coefficient (Wildman–Crippen LogP) is 0.657. The van der Waals surface area contributed by atoms with E-state index in [2.05, 4.69) is 14.4 Å². The third-order valence-electron chi connectivity index (χ3n) is 1.71. The third kappa shape index (κ3) is 3.09. The maximum atomic E-state index is 10.9. The Labute approximate surface area is 95.4 Å². The fraction of sp³-hybridized carbons (Fsp3) is 0.375. The van der Waals surface area contributed by atoms with Crippen LogP contribution in [-0.4, -0.2) is 34.7 Å². The Hall–Kier alpha value is -1.83. The number of hydrogen-bond acceptors (Lipinski definition) is 6. The summed E-state index contributed by atoms with van der Waals surface area (Å²) < 4.78 is 8.40. The van der Waals surface area contributed by atoms with Crippen LogP contribution in [0.25, 0.3) is 0 Å². The van der Waals surface area contributed by atoms with Crippen LogP contribution in [0.3, 0.4) is 0 Å². The van der Waals surface area contributed by atoms with E-state index in [0.717, 1.165) is 11.5 Å². The van der Waals surface area contributed by atoms with E-state index < -0.39 is 12.1 Å². The molecule has 88 valence electrons. The van der Waals surface area contributed by atoms with Crippen LogP contribution in [-0.2, 0) is 4.74 Å². The van der Waals surface area contributed by atoms with E-state index in [0.29, 0.717) is 10.7 Å². The zero-order chi connectivity index (χ0) is 12.1. The quantitative estimate of drug-likeness (QED) is 0.656. The van der Waals surface area contributed by atoms with Gasteiger partial charge in [0.25, 0.3) is 0 Å². The van der Waals surface area contributed by atoms with Gasteiger partial charge >= 0.3 is 12.1 Å². The van der Waals surface area contributed by atoms with Gasteiger partial charge in [0, 0.05) is 6.54 Å². The third-order valence-corrected chi connectivity index (χ3v) is 2.60. The van der Waals surface area contributed by atoms with Gasteiger partial charge in [0.1, 0.15) is 17.2 Å². The van der Waals surface area contributed by atoms with Gasteiger partial charge < -0.3 is 20.9 Å². The minimum Gasteiger partial charge on any atom is -0.478 e. The van der Waals surface area contributed by atoms with Crippen LogP contribution in [0, 0.1) is 6.92 Å². The second-order valence-electron chi connectivity index (χ2n) is 2.87. The first-order valence-electron chi connectivity index (χ1n) is 4.38. The number of carbonyl (C=O) groups excluding carboxylic acids is 1. The number of carbonyl (C=O) groups is 2. The number of primary amides is 1. The minimum atomic E-state index is -1.04. The number of anilines is 1. The highest BCUT2D eigenvalue weighted by Gasteiger charge is 2.16. The number of ether oxygens (including phenoxy) is 1. The molecule has 0 saturated carbocycles. The summed E-state index contributed by atoms with van der Waals surface area (Å²) in [6.07, 6.45) is -0.860. The maximum absolute atomic E-state index is 10.9. The zero-order valence-corrected chi connectivity index (χ0v) is 9.34. The van der Waals surface area contributed by atoms with Crippen LogP contribution >= 0.6 is 11.5 Å². The van der Waals surface area contributed by atoms with E-state index in [4.69, 9.17) is 10.8 Å². The smallest absolute Gasteiger partial charge is 0.404 e. The molecule has 1 rings (SSSR count). The average molecular weight is 245 g/mol. The molecule has 0 spiro atoms. The van der Waals surface area contributed by atoms with Crippen LogP contribution < -0.4 is 11.1 Å². The summed E-state index contributed by atoms with van der Waals surface area (Å²) in [5, 5.41) is 12.2. The number of carboxylic acid groups (broad SMARTS) is 1. The van der Waals surface area contributed by atoms with E-state index in [9.17, 15) is 9.59 Å². The van der Waals surface area contributed by atoms with Crippen LogP contribution in [0.4, 0.5) is 9.80 Å². The molecule has 7 nitrogen and oxygen atoms in total. The molecule has 8 heteroatoms. The zero-order valence-electron chi connectivity index (χ0n) is 8.52. The van der Waals surface area contributed by atoms with Gasteiger partial charge in [-0.25, -0.2) is 9.59 Å². The lowest BCUT2D eigenvalue weighted by molar-refractivity contribution is 0.0697. The molecule has 0 radical (unpaired) electrons. The Morgan fingerprint density at radius 2 is 2.31 bits per heavy atom. The first-order valence-corrected chi connectivity index (χ1v) is 5.15. The van der Waals surface area contributed by atoms with E-state index in [1.807, 2.05) is 0 Å². The molecule has 0 aliphatic rings. The number of nitrogens with two attached hydrogens (primary N) is 1. The highest BCUT2D eigenvalue weighted by atomic mass is 32.1. The van der Waals surface area contributed by atoms with Gasteiger partial charge in [-0.05, 0) is 18.5 Å². The first-order chi connectivity index (χ1) is 7.52. The Bertz CT molecular complexity index is 404. The Balaban J connectivity index is 2.54. The molecule has 0 saturated heterocycles. The number of aromatic carboxylic acids is 1. The van der Waals surface area contributed by atoms with Crippen molar-refractivity contribution in [3.05, 3.63) is 11.3 Å². The van der Waals surface area contributed by atoms with Crippen molar-refractivity contribution in [1.82, 2.24) is 4.37 Å². The summed E-state index contributed by atoms with van der Waals surface area (Å²) in [6, 6.07) is 0. The minimum absolute atomic E-state index is 0.0747. The summed E-state index contributed by atoms with van der Waals surface area (Å²) in [7, 11) is 0. The van der Waals surface area contributed by atoms with Gasteiger partial charge in [0.2, 0.25) is 0 Å². The molecule has 1 heterocycles. The summed E-state index contributed by atoms with van der Waals surface area (Å²) in [5.41, 5.74) is 5.36. The molecular formula is C8H11N3O4S. The second-order valence-corrected chi connectivity index (χ2v) is 3.64. The normalized spacial score (nSPS) is 9.81. The molecule has 0 aromatic carbocycles. The topological polar surface area (TPSA) is 115 Å². The highest BCUT2D eigenvalue weighted by Crippen LogP contribution is 2.23. The molecule has 1 aromatic heterocycles. The van der Waals surface area contributed by atoms with Gasteiger partial charge in [0.05, 0.1) is 5.69 Å². The maximum Gasteiger partial charge on any atom is 0.404 e. The van der Waals surface area contributed by atoms with Crippen molar-refractivity contribution in [3.63, 3.8) is 0 Å². The molecule has 16 heavy (non-hydrogen) atoms. The summed E-state index contributed by atoms with van der Waals surface area (Å²) in [5.74, 6) is -1.04. The van der Waals surface area contributed by atoms with Crippen LogP contribution in [0.5, 0.6) is 0 Å². The highest BCUT2D eigenvalue weighted by molar-refractivity contribution is 7.10. The lowest BCUT2D eigenvalue weighted by atomic mass is 10.2. The van der Waals surface area contributed by atoms with Crippen molar-refractivity contribution in [2.45, 2.75) is 6.92 Å². The molecule has 1 amide bonds. The summed E-state index contributed by atoms with van der Waals surface area (Å²) >= 11 is 1.05. The standard InChI is InChI=1S/C8H11N3O4S/c1-4-5(7(12)13)6(16-11-4)10-2-3-15-8(9)14/h10H,2-3H2,1H3,(H2,9,14)(H,12,13). The Morgan fingerprint density at radius 1 is 1.62 bits per heavy atom. The number of amides is 1. The second kappa shape index (κ2) is 5.31. The van der Waals surface area contributed by atoms with Crippen molar-refractivity contribution in [2.75, 3.05) is 18.5 Å². The van der Waals surface area contributed by atoms with Crippen molar-refractivity contribution in [2.24, 2.45) is 5.73 Å². The lowest BCUT2D eigenvalue weighted by Crippen LogP contribution is -2.18. The van der Waals surface area contributed by atoms with Crippen molar-refractivity contribution >= 4 is 28.6 Å². The van der Waals surface area contributed by atoms with E-state index in [-0.39, 0.29) is 18.7 Å². The molecule has 0 atom stereocenters. The molecule has 1 aromatic rings. The van der Waals surface area contributed by atoms with Gasteiger partial charge in [-0.15, -0.1) is 0 Å². The van der Waals surface area contributed by atoms with E-state index in [1.54, 1.807) is 6.92 Å². The van der Waals surface area contributed by atoms with Crippen molar-refractivity contribution < 1.29 is 19.4 Å². The summed E-state index contributed by atoms with van der Waals surface area (Å²) in [6.45, 7) is 1.97. The molecule has 0 fully saturated rings. The number of rotatable bonds is 5. The number of nitrogens with one attached hydrogen (secondary N) is 1. The fourth-order valence-electron chi connectivity index (χ4n) is 1.06. The van der Waals surface area contributed by atoms with Gasteiger partial charge in [-0.1, -0.05) is 0 Å². The fourth-order valence-corrected chi connectivity index (χ4v) is 1.87. The van der Waals surface area contributed by atoms with Gasteiger partial charge in [-0.2, -0.15) is 4.37 Å². The Morgan fingerprint density at radius 3 is 2.88 bits per heavy atom. The SMILES string of the molecule is Cc1nsc(NCCOC(N)=O)c1C(=O)O. The number of aryl methyl sites for hydroxylation is 1. The molecule has 4 N–H and O–H groups in total. The number of aromatic nitrogens is 1. The lowest BCUT2D eigenvalue weighted by Gasteiger charge is -2.04. The van der Waals surface area contributed by atoms with Crippen LogP contribution in [0.2, 0.25) is 0 Å². The Kier molecular flexibility index (Phi) is 4.06. The molecule has 0 bridgehead atoms. The van der Waals surface area contributed by atoms with Crippen molar-refractivity contribution in [1.29, 1.82) is 0 Å². The summed E-state index contributed by atoms with van der Waals surface area (Å²) in [4.78, 5) is 21.1. The van der Waals surface area contributed by atoms with Gasteiger partial charge in [0.15, 0.2) is 0 Å². The predicted molar refractivity (Wildman–Crippen MR) is 57.8 cm³/mol. The average Bonchev–Trinajstić information content (AvgIpc) is 2.54.